The van der Waals surface area contributed by atoms with Gasteiger partial charge < -0.3 is 10.5 Å². The summed E-state index contributed by atoms with van der Waals surface area (Å²) in [6.07, 6.45) is 0. The van der Waals surface area contributed by atoms with E-state index in [0.717, 1.165) is 5.56 Å². The Labute approximate surface area is 110 Å². The number of nitrogen functional groups attached to an aromatic ring is 1. The van der Waals surface area contributed by atoms with Crippen LogP contribution in [0.2, 0.25) is 5.02 Å². The number of hydrogen-bond acceptors (Lipinski definition) is 3. The van der Waals surface area contributed by atoms with Gasteiger partial charge in [-0.3, -0.25) is 5.41 Å². The molecule has 0 amide bonds. The summed E-state index contributed by atoms with van der Waals surface area (Å²) >= 11 is 6.03. The van der Waals surface area contributed by atoms with Crippen LogP contribution in [-0.2, 0) is 0 Å². The zero-order valence-corrected chi connectivity index (χ0v) is 10.5. The summed E-state index contributed by atoms with van der Waals surface area (Å²) in [7, 11) is 0. The summed E-state index contributed by atoms with van der Waals surface area (Å²) in [4.78, 5) is 4.11. The molecule has 0 aliphatic heterocycles. The molecule has 0 fully saturated rings. The van der Waals surface area contributed by atoms with Crippen LogP contribution in [0.5, 0.6) is 11.6 Å². The van der Waals surface area contributed by atoms with E-state index in [4.69, 9.17) is 27.5 Å². The number of nitrogens with two attached hydrogens (primary N) is 1. The minimum Gasteiger partial charge on any atom is -0.437 e. The molecule has 4 nitrogen and oxygen atoms in total. The Bertz CT molecular complexity index is 599. The van der Waals surface area contributed by atoms with E-state index in [1.807, 2.05) is 19.1 Å². The van der Waals surface area contributed by atoms with Crippen LogP contribution in [0, 0.1) is 12.3 Å². The Hall–Kier alpha value is -2.07. The first-order chi connectivity index (χ1) is 8.56. The maximum Gasteiger partial charge on any atom is 0.219 e. The molecule has 0 bridgehead atoms. The predicted octanol–water partition coefficient (Wildman–Crippen LogP) is 3.12. The highest BCUT2D eigenvalue weighted by atomic mass is 35.5. The molecule has 1 aromatic carbocycles. The largest absolute Gasteiger partial charge is 0.437 e. The van der Waals surface area contributed by atoms with Crippen LogP contribution in [0.15, 0.2) is 36.4 Å². The molecule has 18 heavy (non-hydrogen) atoms. The number of rotatable bonds is 3. The van der Waals surface area contributed by atoms with Crippen molar-refractivity contribution in [2.24, 2.45) is 5.73 Å². The number of amidine groups is 1. The number of ether oxygens (including phenoxy) is 1. The summed E-state index contributed by atoms with van der Waals surface area (Å²) < 4.78 is 5.59. The molecule has 5 heteroatoms. The minimum atomic E-state index is -0.101. The second-order valence-corrected chi connectivity index (χ2v) is 4.22. The van der Waals surface area contributed by atoms with E-state index in [1.54, 1.807) is 24.3 Å². The van der Waals surface area contributed by atoms with Gasteiger partial charge in [0.05, 0.1) is 5.02 Å². The standard InChI is InChI=1S/C13H12ClN3O/c1-8-5-6-9(14)11(7-8)18-12-4-2-3-10(17-12)13(15)16/h2-7H,1H3,(H3,15,16). The van der Waals surface area contributed by atoms with E-state index in [9.17, 15) is 0 Å². The van der Waals surface area contributed by atoms with Crippen LogP contribution in [0.4, 0.5) is 0 Å². The maximum absolute atomic E-state index is 7.32. The van der Waals surface area contributed by atoms with E-state index in [1.165, 1.54) is 0 Å². The first-order valence-corrected chi connectivity index (χ1v) is 5.69. The molecule has 0 atom stereocenters. The molecule has 0 saturated heterocycles. The van der Waals surface area contributed by atoms with Crippen molar-refractivity contribution in [2.75, 3.05) is 0 Å². The van der Waals surface area contributed by atoms with Crippen molar-refractivity contribution in [3.05, 3.63) is 52.7 Å². The summed E-state index contributed by atoms with van der Waals surface area (Å²) in [6, 6.07) is 10.5. The normalized spacial score (nSPS) is 10.1. The quantitative estimate of drug-likeness (QED) is 0.659. The van der Waals surface area contributed by atoms with E-state index in [-0.39, 0.29) is 5.84 Å². The molecule has 0 aliphatic rings. The first-order valence-electron chi connectivity index (χ1n) is 5.32. The SMILES string of the molecule is Cc1ccc(Cl)c(Oc2cccc(C(=N)N)n2)c1. The third-order valence-corrected chi connectivity index (χ3v) is 2.61. The molecule has 1 heterocycles. The monoisotopic (exact) mass is 261 g/mol. The lowest BCUT2D eigenvalue weighted by atomic mass is 10.2. The van der Waals surface area contributed by atoms with Crippen molar-refractivity contribution in [1.29, 1.82) is 5.41 Å². The smallest absolute Gasteiger partial charge is 0.219 e. The second-order valence-electron chi connectivity index (χ2n) is 3.81. The highest BCUT2D eigenvalue weighted by Crippen LogP contribution is 2.29. The molecular formula is C13H12ClN3O. The van der Waals surface area contributed by atoms with Crippen molar-refractivity contribution < 1.29 is 4.74 Å². The number of nitrogens with one attached hydrogen (secondary N) is 1. The van der Waals surface area contributed by atoms with Gasteiger partial charge in [-0.1, -0.05) is 23.7 Å². The highest BCUT2D eigenvalue weighted by Gasteiger charge is 2.06. The van der Waals surface area contributed by atoms with Crippen LogP contribution >= 0.6 is 11.6 Å². The molecule has 0 spiro atoms. The number of hydrogen-bond donors (Lipinski definition) is 2. The zero-order chi connectivity index (χ0) is 13.1. The number of benzene rings is 1. The number of aryl methyl sites for hydroxylation is 1. The number of halogens is 1. The van der Waals surface area contributed by atoms with Crippen LogP contribution in [0.25, 0.3) is 0 Å². The van der Waals surface area contributed by atoms with Crippen molar-refractivity contribution in [3.63, 3.8) is 0 Å². The van der Waals surface area contributed by atoms with Gasteiger partial charge in [-0.25, -0.2) is 4.98 Å². The average Bonchev–Trinajstić information content (AvgIpc) is 2.34. The van der Waals surface area contributed by atoms with E-state index < -0.39 is 0 Å². The Morgan fingerprint density at radius 3 is 2.83 bits per heavy atom. The molecule has 1 aromatic heterocycles. The number of aromatic nitrogens is 1. The fourth-order valence-corrected chi connectivity index (χ4v) is 1.58. The van der Waals surface area contributed by atoms with E-state index in [0.29, 0.717) is 22.3 Å². The molecule has 92 valence electrons. The summed E-state index contributed by atoms with van der Waals surface area (Å²) in [5, 5.41) is 7.83. The minimum absolute atomic E-state index is 0.101. The van der Waals surface area contributed by atoms with Crippen molar-refractivity contribution in [3.8, 4) is 11.6 Å². The predicted molar refractivity (Wildman–Crippen MR) is 71.5 cm³/mol. The summed E-state index contributed by atoms with van der Waals surface area (Å²) in [5.41, 5.74) is 6.78. The molecular weight excluding hydrogens is 250 g/mol. The van der Waals surface area contributed by atoms with Crippen molar-refractivity contribution in [1.82, 2.24) is 4.98 Å². The van der Waals surface area contributed by atoms with Gasteiger partial charge >= 0.3 is 0 Å². The lowest BCUT2D eigenvalue weighted by Gasteiger charge is -2.08. The van der Waals surface area contributed by atoms with Crippen LogP contribution < -0.4 is 10.5 Å². The van der Waals surface area contributed by atoms with Gasteiger partial charge in [0.15, 0.2) is 0 Å². The molecule has 2 rings (SSSR count). The van der Waals surface area contributed by atoms with Gasteiger partial charge in [-0.2, -0.15) is 0 Å². The van der Waals surface area contributed by atoms with Crippen molar-refractivity contribution >= 4 is 17.4 Å². The van der Waals surface area contributed by atoms with Crippen LogP contribution in [0.3, 0.4) is 0 Å². The molecule has 2 aromatic rings. The number of nitrogens with zero attached hydrogens (tertiary/aromatic N) is 1. The maximum atomic E-state index is 7.32. The van der Waals surface area contributed by atoms with E-state index in [2.05, 4.69) is 4.98 Å². The molecule has 0 aliphatic carbocycles. The molecule has 0 unspecified atom stereocenters. The van der Waals surface area contributed by atoms with Gasteiger partial charge in [0.2, 0.25) is 5.88 Å². The Morgan fingerprint density at radius 2 is 2.11 bits per heavy atom. The topological polar surface area (TPSA) is 72.0 Å². The van der Waals surface area contributed by atoms with Gasteiger partial charge in [-0.05, 0) is 30.7 Å². The van der Waals surface area contributed by atoms with Crippen LogP contribution in [-0.4, -0.2) is 10.8 Å². The van der Waals surface area contributed by atoms with Crippen LogP contribution in [0.1, 0.15) is 11.3 Å². The van der Waals surface area contributed by atoms with Crippen molar-refractivity contribution in [2.45, 2.75) is 6.92 Å². The lowest BCUT2D eigenvalue weighted by molar-refractivity contribution is 0.462. The fourth-order valence-electron chi connectivity index (χ4n) is 1.42. The fraction of sp³-hybridized carbons (Fsp3) is 0.0769. The van der Waals surface area contributed by atoms with E-state index >= 15 is 0 Å². The lowest BCUT2D eigenvalue weighted by Crippen LogP contribution is -2.13. The average molecular weight is 262 g/mol. The molecule has 0 radical (unpaired) electrons. The summed E-state index contributed by atoms with van der Waals surface area (Å²) in [5.74, 6) is 0.788. The third-order valence-electron chi connectivity index (χ3n) is 2.30. The first kappa shape index (κ1) is 12.4. The number of pyridine rings is 1. The molecule has 3 N–H and O–H groups in total. The second kappa shape index (κ2) is 5.06. The molecule has 0 saturated carbocycles. The Morgan fingerprint density at radius 1 is 1.33 bits per heavy atom. The highest BCUT2D eigenvalue weighted by molar-refractivity contribution is 6.32. The van der Waals surface area contributed by atoms with Gasteiger partial charge in [0, 0.05) is 6.07 Å². The summed E-state index contributed by atoms with van der Waals surface area (Å²) in [6.45, 7) is 1.95. The zero-order valence-electron chi connectivity index (χ0n) is 9.77. The Balaban J connectivity index is 2.31. The van der Waals surface area contributed by atoms with Gasteiger partial charge in [0.25, 0.3) is 0 Å². The van der Waals surface area contributed by atoms with Gasteiger partial charge in [-0.15, -0.1) is 0 Å². The van der Waals surface area contributed by atoms with Gasteiger partial charge in [0.1, 0.15) is 17.3 Å². The Kier molecular flexibility index (Phi) is 3.48. The third kappa shape index (κ3) is 2.78.